The van der Waals surface area contributed by atoms with Gasteiger partial charge >= 0.3 is 0 Å². The Morgan fingerprint density at radius 2 is 1.71 bits per heavy atom. The van der Waals surface area contributed by atoms with Crippen LogP contribution in [0.1, 0.15) is 12.0 Å². The van der Waals surface area contributed by atoms with Gasteiger partial charge in [0.1, 0.15) is 0 Å². The highest BCUT2D eigenvalue weighted by Gasteiger charge is 2.05. The molecule has 0 aliphatic rings. The number of hydrogen-bond acceptors (Lipinski definition) is 0. The van der Waals surface area contributed by atoms with Crippen LogP contribution in [0.15, 0.2) is 42.1 Å². The molecule has 14 heavy (non-hydrogen) atoms. The number of benzene rings is 1. The van der Waals surface area contributed by atoms with Gasteiger partial charge in [0.25, 0.3) is 0 Å². The van der Waals surface area contributed by atoms with E-state index >= 15 is 0 Å². The summed E-state index contributed by atoms with van der Waals surface area (Å²) < 4.78 is 0. The van der Waals surface area contributed by atoms with Crippen molar-refractivity contribution in [1.82, 2.24) is 0 Å². The molecule has 0 radical (unpaired) electrons. The molecule has 0 aliphatic carbocycles. The average molecular weight is 204 g/mol. The minimum atomic E-state index is -0.976. The Hall–Kier alpha value is -0.823. The molecule has 0 atom stereocenters. The van der Waals surface area contributed by atoms with Gasteiger partial charge in [0.05, 0.1) is 8.07 Å². The molecule has 0 unspecified atom stereocenters. The maximum absolute atomic E-state index is 2.43. The van der Waals surface area contributed by atoms with Crippen LogP contribution in [-0.4, -0.2) is 8.07 Å². The third kappa shape index (κ3) is 5.03. The Morgan fingerprint density at radius 3 is 2.29 bits per heavy atom. The van der Waals surface area contributed by atoms with Crippen molar-refractivity contribution in [1.29, 1.82) is 0 Å². The second-order valence-corrected chi connectivity index (χ2v) is 9.86. The van der Waals surface area contributed by atoms with Crippen molar-refractivity contribution in [2.75, 3.05) is 0 Å². The van der Waals surface area contributed by atoms with Crippen molar-refractivity contribution in [3.63, 3.8) is 0 Å². The fraction of sp³-hybridized carbons (Fsp3) is 0.385. The molecule has 0 amide bonds. The lowest BCUT2D eigenvalue weighted by atomic mass is 10.1. The van der Waals surface area contributed by atoms with Gasteiger partial charge in [-0.05, 0) is 18.4 Å². The van der Waals surface area contributed by atoms with Gasteiger partial charge in [-0.1, -0.05) is 61.7 Å². The van der Waals surface area contributed by atoms with Crippen LogP contribution in [0.2, 0.25) is 19.6 Å². The van der Waals surface area contributed by atoms with Crippen LogP contribution in [0.4, 0.5) is 0 Å². The standard InChI is InChI=1S/C13H20Si/c1-14(2,3)12-8-7-11-13-9-5-4-6-10-13/h4-6,8-10,12H,7,11H2,1-3H3/b12-8-. The summed E-state index contributed by atoms with van der Waals surface area (Å²) in [4.78, 5) is 0. The van der Waals surface area contributed by atoms with E-state index in [9.17, 15) is 0 Å². The molecular weight excluding hydrogens is 184 g/mol. The SMILES string of the molecule is C[Si](C)(C)/C=C\CCc1ccccc1. The molecular formula is C13H20Si. The Kier molecular flexibility index (Phi) is 4.14. The molecule has 1 heteroatoms. The molecule has 0 N–H and O–H groups in total. The van der Waals surface area contributed by atoms with E-state index in [1.807, 2.05) is 0 Å². The zero-order valence-electron chi connectivity index (χ0n) is 9.46. The predicted molar refractivity (Wildman–Crippen MR) is 67.2 cm³/mol. The minimum Gasteiger partial charge on any atom is -0.0989 e. The molecule has 0 nitrogen and oxygen atoms in total. The van der Waals surface area contributed by atoms with Gasteiger partial charge in [-0.15, -0.1) is 0 Å². The van der Waals surface area contributed by atoms with Crippen molar-refractivity contribution in [3.8, 4) is 0 Å². The van der Waals surface area contributed by atoms with Crippen LogP contribution in [-0.2, 0) is 6.42 Å². The molecule has 0 spiro atoms. The van der Waals surface area contributed by atoms with E-state index in [0.29, 0.717) is 0 Å². The Morgan fingerprint density at radius 1 is 1.07 bits per heavy atom. The van der Waals surface area contributed by atoms with Crippen molar-refractivity contribution in [3.05, 3.63) is 47.7 Å². The predicted octanol–water partition coefficient (Wildman–Crippen LogP) is 4.05. The molecule has 1 aromatic carbocycles. The first kappa shape index (κ1) is 11.3. The summed E-state index contributed by atoms with van der Waals surface area (Å²) in [5, 5.41) is 0. The van der Waals surface area contributed by atoms with E-state index in [2.05, 4.69) is 61.7 Å². The van der Waals surface area contributed by atoms with E-state index in [4.69, 9.17) is 0 Å². The van der Waals surface area contributed by atoms with Gasteiger partial charge < -0.3 is 0 Å². The van der Waals surface area contributed by atoms with Crippen LogP contribution in [0.3, 0.4) is 0 Å². The molecule has 0 fully saturated rings. The minimum absolute atomic E-state index is 0.976. The molecule has 0 aliphatic heterocycles. The molecule has 0 heterocycles. The number of allylic oxidation sites excluding steroid dienone is 1. The maximum Gasteiger partial charge on any atom is 0.0682 e. The smallest absolute Gasteiger partial charge is 0.0682 e. The number of rotatable bonds is 4. The summed E-state index contributed by atoms with van der Waals surface area (Å²) in [5.41, 5.74) is 3.86. The summed E-state index contributed by atoms with van der Waals surface area (Å²) in [6.07, 6.45) is 4.69. The van der Waals surface area contributed by atoms with Crippen molar-refractivity contribution >= 4 is 8.07 Å². The molecule has 0 saturated heterocycles. The van der Waals surface area contributed by atoms with Crippen molar-refractivity contribution in [2.45, 2.75) is 32.5 Å². The van der Waals surface area contributed by atoms with Crippen LogP contribution >= 0.6 is 0 Å². The molecule has 76 valence electrons. The number of hydrogen-bond donors (Lipinski definition) is 0. The lowest BCUT2D eigenvalue weighted by Crippen LogP contribution is -2.15. The van der Waals surface area contributed by atoms with Gasteiger partial charge in [0, 0.05) is 0 Å². The monoisotopic (exact) mass is 204 g/mol. The highest BCUT2D eigenvalue weighted by Crippen LogP contribution is 2.06. The lowest BCUT2D eigenvalue weighted by molar-refractivity contribution is 1.00. The summed E-state index contributed by atoms with van der Waals surface area (Å²) in [5.74, 6) is 0. The summed E-state index contributed by atoms with van der Waals surface area (Å²) in [7, 11) is -0.976. The first-order valence-corrected chi connectivity index (χ1v) is 8.87. The average Bonchev–Trinajstić information content (AvgIpc) is 2.13. The van der Waals surface area contributed by atoms with Crippen LogP contribution in [0, 0.1) is 0 Å². The second kappa shape index (κ2) is 5.16. The molecule has 0 saturated carbocycles. The highest BCUT2D eigenvalue weighted by atomic mass is 28.3. The van der Waals surface area contributed by atoms with Crippen molar-refractivity contribution < 1.29 is 0 Å². The Balaban J connectivity index is 2.33. The van der Waals surface area contributed by atoms with Crippen LogP contribution in [0.25, 0.3) is 0 Å². The van der Waals surface area contributed by atoms with Crippen molar-refractivity contribution in [2.24, 2.45) is 0 Å². The highest BCUT2D eigenvalue weighted by molar-refractivity contribution is 6.80. The van der Waals surface area contributed by atoms with E-state index in [1.54, 1.807) is 0 Å². The van der Waals surface area contributed by atoms with Gasteiger partial charge in [0.2, 0.25) is 0 Å². The Bertz CT molecular complexity index is 280. The third-order valence-corrected chi connectivity index (χ3v) is 3.30. The fourth-order valence-corrected chi connectivity index (χ4v) is 2.21. The van der Waals surface area contributed by atoms with Gasteiger partial charge in [-0.25, -0.2) is 0 Å². The molecule has 1 aromatic rings. The largest absolute Gasteiger partial charge is 0.0989 e. The van der Waals surface area contributed by atoms with Gasteiger partial charge in [-0.3, -0.25) is 0 Å². The van der Waals surface area contributed by atoms with Gasteiger partial charge in [0.15, 0.2) is 0 Å². The second-order valence-electron chi connectivity index (χ2n) is 4.79. The van der Waals surface area contributed by atoms with Crippen LogP contribution in [0.5, 0.6) is 0 Å². The maximum atomic E-state index is 2.43. The summed E-state index contributed by atoms with van der Waals surface area (Å²) in [6, 6.07) is 10.7. The van der Waals surface area contributed by atoms with Gasteiger partial charge in [-0.2, -0.15) is 0 Å². The van der Waals surface area contributed by atoms with E-state index < -0.39 is 8.07 Å². The topological polar surface area (TPSA) is 0 Å². The first-order valence-electron chi connectivity index (χ1n) is 5.29. The summed E-state index contributed by atoms with van der Waals surface area (Å²) in [6.45, 7) is 7.10. The lowest BCUT2D eigenvalue weighted by Gasteiger charge is -2.07. The zero-order chi connectivity index (χ0) is 10.4. The van der Waals surface area contributed by atoms with E-state index in [-0.39, 0.29) is 0 Å². The third-order valence-electron chi connectivity index (χ3n) is 2.06. The Labute approximate surface area is 88.7 Å². The fourth-order valence-electron chi connectivity index (χ4n) is 1.33. The molecule has 1 rings (SSSR count). The van der Waals surface area contributed by atoms with E-state index in [0.717, 1.165) is 0 Å². The quantitative estimate of drug-likeness (QED) is 0.649. The van der Waals surface area contributed by atoms with E-state index in [1.165, 1.54) is 18.4 Å². The molecule has 0 aromatic heterocycles. The number of aryl methyl sites for hydroxylation is 1. The molecule has 0 bridgehead atoms. The summed E-state index contributed by atoms with van der Waals surface area (Å²) >= 11 is 0. The van der Waals surface area contributed by atoms with Crippen LogP contribution < -0.4 is 0 Å². The normalized spacial score (nSPS) is 12.2. The zero-order valence-corrected chi connectivity index (χ0v) is 10.5. The first-order chi connectivity index (χ1) is 6.58.